The number of nitrogens with one attached hydrogen (secondary N) is 1. The van der Waals surface area contributed by atoms with E-state index in [0.717, 1.165) is 28.1 Å². The highest BCUT2D eigenvalue weighted by atomic mass is 35.5. The van der Waals surface area contributed by atoms with Crippen LogP contribution in [0.1, 0.15) is 16.7 Å². The van der Waals surface area contributed by atoms with Crippen molar-refractivity contribution in [3.8, 4) is 0 Å². The van der Waals surface area contributed by atoms with E-state index in [1.54, 1.807) is 48.7 Å². The lowest BCUT2D eigenvalue weighted by molar-refractivity contribution is -0.119. The van der Waals surface area contributed by atoms with Crippen molar-refractivity contribution in [1.29, 1.82) is 0 Å². The average molecular weight is 504 g/mol. The van der Waals surface area contributed by atoms with Crippen LogP contribution in [0.25, 0.3) is 10.8 Å². The lowest BCUT2D eigenvalue weighted by Gasteiger charge is -2.23. The molecule has 1 N–H and O–H groups in total. The molecule has 0 saturated carbocycles. The zero-order valence-electron chi connectivity index (χ0n) is 18.7. The first kappa shape index (κ1) is 23.1. The molecular formula is C27H22ClN3O3S. The zero-order valence-corrected chi connectivity index (χ0v) is 20.3. The van der Waals surface area contributed by atoms with Gasteiger partial charge >= 0.3 is 0 Å². The predicted molar refractivity (Wildman–Crippen MR) is 140 cm³/mol. The third kappa shape index (κ3) is 4.65. The molecule has 35 heavy (non-hydrogen) atoms. The van der Waals surface area contributed by atoms with Crippen molar-refractivity contribution in [3.05, 3.63) is 107 Å². The van der Waals surface area contributed by atoms with Crippen LogP contribution >= 0.6 is 11.6 Å². The van der Waals surface area contributed by atoms with Gasteiger partial charge in [-0.3, -0.25) is 9.10 Å². The van der Waals surface area contributed by atoms with Crippen LogP contribution < -0.4 is 9.73 Å². The van der Waals surface area contributed by atoms with Gasteiger partial charge in [0.15, 0.2) is 0 Å². The van der Waals surface area contributed by atoms with E-state index in [1.165, 1.54) is 28.6 Å². The van der Waals surface area contributed by atoms with Crippen LogP contribution in [0.3, 0.4) is 0 Å². The first-order valence-corrected chi connectivity index (χ1v) is 12.9. The maximum atomic E-state index is 13.3. The summed E-state index contributed by atoms with van der Waals surface area (Å²) in [4.78, 5) is 12.9. The fraction of sp³-hybridized carbons (Fsp3) is 0.111. The molecule has 176 valence electrons. The van der Waals surface area contributed by atoms with Gasteiger partial charge in [-0.25, -0.2) is 13.8 Å². The highest BCUT2D eigenvalue weighted by molar-refractivity contribution is 7.92. The topological polar surface area (TPSA) is 78.8 Å². The number of sulfonamides is 1. The minimum atomic E-state index is -3.99. The smallest absolute Gasteiger partial charge is 0.264 e. The normalized spacial score (nSPS) is 12.8. The standard InChI is InChI=1S/C27H22ClN3O3S/c28-22-13-15-23(16-14-22)31(35(33,34)24-6-2-1-3-7-24)18-26(32)30-29-17-21-12-11-20-10-9-19-5-4-8-25(21)27(19)20/h1-8,11-17H,9-10,18H2,(H,30,32)/b29-17-. The van der Waals surface area contributed by atoms with E-state index in [2.05, 4.69) is 22.7 Å². The van der Waals surface area contributed by atoms with Crippen molar-refractivity contribution in [1.82, 2.24) is 5.43 Å². The molecule has 4 aromatic rings. The molecule has 0 bridgehead atoms. The van der Waals surface area contributed by atoms with Gasteiger partial charge < -0.3 is 0 Å². The van der Waals surface area contributed by atoms with Crippen LogP contribution in [-0.2, 0) is 27.7 Å². The van der Waals surface area contributed by atoms with Gasteiger partial charge in [-0.1, -0.05) is 60.1 Å². The number of aryl methyl sites for hydroxylation is 2. The van der Waals surface area contributed by atoms with Gasteiger partial charge in [-0.15, -0.1) is 0 Å². The first-order valence-electron chi connectivity index (χ1n) is 11.1. The summed E-state index contributed by atoms with van der Waals surface area (Å²) in [5.74, 6) is -0.568. The maximum Gasteiger partial charge on any atom is 0.264 e. The van der Waals surface area contributed by atoms with Crippen molar-refractivity contribution in [2.24, 2.45) is 5.10 Å². The fourth-order valence-corrected chi connectivity index (χ4v) is 5.93. The Kier molecular flexibility index (Phi) is 6.28. The summed E-state index contributed by atoms with van der Waals surface area (Å²) in [6.45, 7) is -0.444. The average Bonchev–Trinajstić information content (AvgIpc) is 3.30. The molecule has 1 aliphatic carbocycles. The second-order valence-electron chi connectivity index (χ2n) is 8.25. The summed E-state index contributed by atoms with van der Waals surface area (Å²) >= 11 is 5.98. The van der Waals surface area contributed by atoms with Gasteiger partial charge in [0.1, 0.15) is 6.54 Å². The van der Waals surface area contributed by atoms with E-state index in [1.807, 2.05) is 18.2 Å². The third-order valence-corrected chi connectivity index (χ3v) is 8.08. The lowest BCUT2D eigenvalue weighted by Crippen LogP contribution is -2.39. The Labute approximate surface area is 208 Å². The molecule has 0 spiro atoms. The largest absolute Gasteiger partial charge is 0.271 e. The van der Waals surface area contributed by atoms with E-state index in [-0.39, 0.29) is 4.90 Å². The Morgan fingerprint density at radius 3 is 2.37 bits per heavy atom. The first-order chi connectivity index (χ1) is 16.9. The number of carbonyl (C=O) groups excluding carboxylic acids is 1. The Morgan fingerprint density at radius 2 is 1.63 bits per heavy atom. The number of carbonyl (C=O) groups is 1. The molecule has 0 radical (unpaired) electrons. The number of nitrogens with zero attached hydrogens (tertiary/aromatic N) is 2. The Hall–Kier alpha value is -3.68. The van der Waals surface area contributed by atoms with E-state index in [4.69, 9.17) is 11.6 Å². The molecule has 0 aromatic heterocycles. The van der Waals surface area contributed by atoms with Gasteiger partial charge in [0.25, 0.3) is 15.9 Å². The molecule has 0 fully saturated rings. The molecule has 1 aliphatic rings. The van der Waals surface area contributed by atoms with Crippen LogP contribution in [0.15, 0.2) is 94.9 Å². The minimum absolute atomic E-state index is 0.0825. The zero-order chi connectivity index (χ0) is 24.4. The van der Waals surface area contributed by atoms with E-state index in [0.29, 0.717) is 10.7 Å². The number of rotatable bonds is 7. The number of hydrazone groups is 1. The van der Waals surface area contributed by atoms with Crippen LogP contribution in [0, 0.1) is 0 Å². The molecule has 0 saturated heterocycles. The second kappa shape index (κ2) is 9.52. The number of hydrogen-bond donors (Lipinski definition) is 1. The lowest BCUT2D eigenvalue weighted by atomic mass is 10.0. The monoisotopic (exact) mass is 503 g/mol. The van der Waals surface area contributed by atoms with Gasteiger partial charge in [-0.05, 0) is 71.1 Å². The summed E-state index contributed by atoms with van der Waals surface area (Å²) in [6.07, 6.45) is 3.65. The molecule has 0 unspecified atom stereocenters. The molecule has 0 atom stereocenters. The molecule has 0 heterocycles. The van der Waals surface area contributed by atoms with Crippen LogP contribution in [0.4, 0.5) is 5.69 Å². The molecular weight excluding hydrogens is 482 g/mol. The van der Waals surface area contributed by atoms with Gasteiger partial charge in [0.2, 0.25) is 0 Å². The second-order valence-corrected chi connectivity index (χ2v) is 10.5. The summed E-state index contributed by atoms with van der Waals surface area (Å²) in [5.41, 5.74) is 6.33. The SMILES string of the molecule is O=C(CN(c1ccc(Cl)cc1)S(=O)(=O)c1ccccc1)N/N=C\c1ccc2c3c(cccc13)CC2. The van der Waals surface area contributed by atoms with Crippen molar-refractivity contribution in [3.63, 3.8) is 0 Å². The minimum Gasteiger partial charge on any atom is -0.271 e. The number of amides is 1. The molecule has 6 nitrogen and oxygen atoms in total. The van der Waals surface area contributed by atoms with Crippen LogP contribution in [0.5, 0.6) is 0 Å². The fourth-order valence-electron chi connectivity index (χ4n) is 4.36. The predicted octanol–water partition coefficient (Wildman–Crippen LogP) is 4.94. The Bertz CT molecular complexity index is 1530. The van der Waals surface area contributed by atoms with Crippen LogP contribution in [0.2, 0.25) is 5.02 Å². The molecule has 1 amide bonds. The van der Waals surface area contributed by atoms with Gasteiger partial charge in [-0.2, -0.15) is 5.10 Å². The number of benzene rings is 4. The third-order valence-electron chi connectivity index (χ3n) is 6.04. The molecule has 8 heteroatoms. The highest BCUT2D eigenvalue weighted by Gasteiger charge is 2.27. The van der Waals surface area contributed by atoms with E-state index in [9.17, 15) is 13.2 Å². The number of hydrogen-bond acceptors (Lipinski definition) is 4. The number of anilines is 1. The number of halogens is 1. The summed E-state index contributed by atoms with van der Waals surface area (Å²) in [5, 5.41) is 6.93. The van der Waals surface area contributed by atoms with E-state index >= 15 is 0 Å². The highest BCUT2D eigenvalue weighted by Crippen LogP contribution is 2.32. The van der Waals surface area contributed by atoms with Crippen LogP contribution in [-0.4, -0.2) is 27.1 Å². The molecule has 4 aromatic carbocycles. The summed E-state index contributed by atoms with van der Waals surface area (Å²) in [7, 11) is -3.99. The van der Waals surface area contributed by atoms with Crippen molar-refractivity contribution in [2.75, 3.05) is 10.8 Å². The van der Waals surface area contributed by atoms with Crippen molar-refractivity contribution in [2.45, 2.75) is 17.7 Å². The van der Waals surface area contributed by atoms with E-state index < -0.39 is 22.5 Å². The van der Waals surface area contributed by atoms with Crippen molar-refractivity contribution < 1.29 is 13.2 Å². The Balaban J connectivity index is 1.38. The summed E-state index contributed by atoms with van der Waals surface area (Å²) < 4.78 is 27.7. The maximum absolute atomic E-state index is 13.3. The summed E-state index contributed by atoms with van der Waals surface area (Å²) in [6, 6.07) is 24.6. The quantitative estimate of drug-likeness (QED) is 0.286. The Morgan fingerprint density at radius 1 is 0.914 bits per heavy atom. The molecule has 0 aliphatic heterocycles. The van der Waals surface area contributed by atoms with Gasteiger partial charge in [0, 0.05) is 10.6 Å². The molecule has 5 rings (SSSR count). The van der Waals surface area contributed by atoms with Crippen molar-refractivity contribution >= 4 is 50.2 Å². The van der Waals surface area contributed by atoms with Gasteiger partial charge in [0.05, 0.1) is 16.8 Å².